The zero-order valence-corrected chi connectivity index (χ0v) is 28.5. The van der Waals surface area contributed by atoms with Crippen LogP contribution in [0, 0.1) is 9.15 Å². The molecule has 0 rings (SSSR count). The number of rotatable bonds is 2. The monoisotopic (exact) mass is 1100 g/mol. The van der Waals surface area contributed by atoms with Gasteiger partial charge in [0, 0.05) is 0 Å². The van der Waals surface area contributed by atoms with Gasteiger partial charge < -0.3 is 0 Å². The van der Waals surface area contributed by atoms with Crippen LogP contribution in [0.4, 0.5) is 0 Å². The Hall–Kier alpha value is 6.24. The molecular weight excluding hydrogens is 1110 g/mol. The van der Waals surface area contributed by atoms with Crippen LogP contribution in [0.15, 0.2) is 0 Å². The molecule has 0 saturated carbocycles. The van der Waals surface area contributed by atoms with Crippen molar-refractivity contribution in [3.63, 3.8) is 0 Å². The lowest BCUT2D eigenvalue weighted by Crippen LogP contribution is -2.63. The van der Waals surface area contributed by atoms with Crippen molar-refractivity contribution < 1.29 is 0 Å². The van der Waals surface area contributed by atoms with Gasteiger partial charge >= 0.3 is 0 Å². The summed E-state index contributed by atoms with van der Waals surface area (Å²) in [5.41, 5.74) is -0.817. The van der Waals surface area contributed by atoms with Gasteiger partial charge in [-0.1, -0.05) is 207 Å². The Kier molecular flexibility index (Phi) is 11.3. The average molecular weight is 1110 g/mol. The third kappa shape index (κ3) is 5.15. The fourth-order valence-electron chi connectivity index (χ4n) is 1.16. The molecule has 0 N–H and O–H groups in total. The maximum atomic E-state index is 3.69. The van der Waals surface area contributed by atoms with E-state index in [-0.39, 0.29) is 0 Å². The summed E-state index contributed by atoms with van der Waals surface area (Å²) in [7, 11) is 0. The van der Waals surface area contributed by atoms with E-state index >= 15 is 0 Å². The van der Waals surface area contributed by atoms with Gasteiger partial charge in [0.1, 0.15) is 18.8 Å². The molecule has 0 heterocycles. The van der Waals surface area contributed by atoms with Crippen molar-refractivity contribution in [1.82, 2.24) is 0 Å². The molecule has 0 nitrogen and oxygen atoms in total. The van der Waals surface area contributed by atoms with Gasteiger partial charge in [-0.05, 0) is 0 Å². The van der Waals surface area contributed by atoms with E-state index in [9.17, 15) is 0 Å². The highest BCUT2D eigenvalue weighted by Gasteiger charge is 2.77. The highest BCUT2D eigenvalue weighted by atomic mass is 80.0. The zero-order chi connectivity index (χ0) is 16.1. The fraction of sp³-hybridized carbons (Fsp3) is 0.833. The van der Waals surface area contributed by atoms with Crippen LogP contribution in [0.1, 0.15) is 0 Å². The van der Waals surface area contributed by atoms with Crippen LogP contribution in [0.5, 0.6) is 0 Å². The van der Waals surface area contributed by atoms with Gasteiger partial charge in [-0.15, -0.1) is 0 Å². The lowest BCUT2D eigenvalue weighted by molar-refractivity contribution is 0.371. The van der Waals surface area contributed by atoms with Crippen LogP contribution in [-0.2, 0) is 0 Å². The molecule has 0 amide bonds. The minimum absolute atomic E-state index is 0.723. The Morgan fingerprint density at radius 2 is 0.684 bits per heavy atom. The summed E-state index contributed by atoms with van der Waals surface area (Å²) in [5.74, 6) is 0. The summed E-state index contributed by atoms with van der Waals surface area (Å²) in [4.78, 5) is 0. The molecule has 0 aromatic carbocycles. The molecule has 1 radical (unpaired) electrons. The van der Waals surface area contributed by atoms with Crippen LogP contribution in [0.25, 0.3) is 0 Å². The molecule has 0 aliphatic carbocycles. The van der Waals surface area contributed by atoms with E-state index in [4.69, 9.17) is 0 Å². The van der Waals surface area contributed by atoms with Crippen molar-refractivity contribution in [2.45, 2.75) is 9.66 Å². The summed E-state index contributed by atoms with van der Waals surface area (Å²) in [6, 6.07) is 0. The van der Waals surface area contributed by atoms with E-state index in [1.54, 1.807) is 0 Å². The van der Waals surface area contributed by atoms with Gasteiger partial charge in [-0.25, -0.2) is 0 Å². The Labute approximate surface area is 221 Å². The highest BCUT2D eigenvalue weighted by molar-refractivity contribution is 9.42. The Morgan fingerprint density at radius 1 is 0.474 bits per heavy atom. The first-order valence-corrected chi connectivity index (χ1v) is 14.0. The van der Waals surface area contributed by atoms with E-state index in [0.29, 0.717) is 0 Å². The highest BCUT2D eigenvalue weighted by Crippen LogP contribution is 2.80. The Bertz CT molecular complexity index is 277. The van der Waals surface area contributed by atoms with Crippen LogP contribution < -0.4 is 0 Å². The molecule has 115 valence electrons. The SMILES string of the molecule is Br[C](Br)C(Br)(Br)C(C(Br)(Br)Br)(C(Br)(Br)Br)C(Br)(Br)Br. The van der Waals surface area contributed by atoms with Gasteiger partial charge in [0.15, 0.2) is 0 Å². The predicted molar refractivity (Wildman–Crippen MR) is 133 cm³/mol. The molecule has 0 atom stereocenters. The molecule has 0 aliphatic heterocycles. The van der Waals surface area contributed by atoms with Crippen LogP contribution in [-0.4, -0.2) is 9.66 Å². The van der Waals surface area contributed by atoms with Crippen molar-refractivity contribution in [3.8, 4) is 0 Å². The average Bonchev–Trinajstić information content (AvgIpc) is 1.92. The first-order chi connectivity index (χ1) is 7.94. The van der Waals surface area contributed by atoms with Gasteiger partial charge in [0.05, 0.1) is 0 Å². The van der Waals surface area contributed by atoms with Gasteiger partial charge in [0.25, 0.3) is 0 Å². The molecule has 0 aromatic rings. The molecule has 0 saturated heterocycles. The third-order valence-corrected chi connectivity index (χ3v) is 12.6. The summed E-state index contributed by atoms with van der Waals surface area (Å²) in [6.07, 6.45) is 0. The van der Waals surface area contributed by atoms with E-state index in [2.05, 4.69) is 207 Å². The van der Waals surface area contributed by atoms with E-state index in [0.717, 1.165) is 3.74 Å². The second-order valence-corrected chi connectivity index (χ2v) is 29.5. The normalized spacial score (nSPS) is 16.1. The van der Waals surface area contributed by atoms with Crippen LogP contribution in [0.3, 0.4) is 0 Å². The second kappa shape index (κ2) is 8.50. The maximum Gasteiger partial charge on any atom is 0.148 e. The van der Waals surface area contributed by atoms with Gasteiger partial charge in [-0.3, -0.25) is 0 Å². The number of alkyl halides is 11. The smallest absolute Gasteiger partial charge is 0.0691 e. The number of hydrogen-bond acceptors (Lipinski definition) is 0. The Balaban J connectivity index is 6.63. The molecule has 0 bridgehead atoms. The molecule has 0 aromatic heterocycles. The van der Waals surface area contributed by atoms with Crippen molar-refractivity contribution >= 4 is 207 Å². The zero-order valence-electron chi connectivity index (χ0n) is 7.91. The summed E-state index contributed by atoms with van der Waals surface area (Å²) >= 11 is 46.9. The quantitative estimate of drug-likeness (QED) is 0.242. The second-order valence-electron chi connectivity index (χ2n) is 3.08. The topological polar surface area (TPSA) is 0 Å². The summed E-state index contributed by atoms with van der Waals surface area (Å²) < 4.78 is -2.37. The number of hydrogen-bond donors (Lipinski definition) is 0. The minimum atomic E-state index is -0.817. The van der Waals surface area contributed by atoms with Crippen molar-refractivity contribution in [2.24, 2.45) is 5.41 Å². The minimum Gasteiger partial charge on any atom is -0.0691 e. The predicted octanol–water partition coefficient (Wildman–Crippen LogP) is 10.3. The molecule has 0 aliphatic rings. The number of halogens is 13. The van der Waals surface area contributed by atoms with Gasteiger partial charge in [-0.2, -0.15) is 0 Å². The standard InChI is InChI=1S/C6Br13/c7-1(8)2(9,10)3(4(11,12)13,5(14,15)16)6(17,18)19. The first kappa shape index (κ1) is 25.2. The lowest BCUT2D eigenvalue weighted by atomic mass is 9.92. The maximum absolute atomic E-state index is 3.69. The molecule has 0 fully saturated rings. The third-order valence-electron chi connectivity index (χ3n) is 1.98. The van der Waals surface area contributed by atoms with Crippen molar-refractivity contribution in [2.75, 3.05) is 0 Å². The van der Waals surface area contributed by atoms with E-state index < -0.39 is 15.1 Å². The molecular formula is C6Br13. The van der Waals surface area contributed by atoms with Crippen molar-refractivity contribution in [1.29, 1.82) is 0 Å². The first-order valence-electron chi connectivity index (χ1n) is 3.71. The Morgan fingerprint density at radius 3 is 0.737 bits per heavy atom. The summed E-state index contributed by atoms with van der Waals surface area (Å²) in [6.45, 7) is 0. The van der Waals surface area contributed by atoms with Crippen molar-refractivity contribution in [3.05, 3.63) is 3.74 Å². The van der Waals surface area contributed by atoms with E-state index in [1.807, 2.05) is 0 Å². The van der Waals surface area contributed by atoms with Crippen LogP contribution >= 0.6 is 207 Å². The largest absolute Gasteiger partial charge is 0.148 e. The summed E-state index contributed by atoms with van der Waals surface area (Å²) in [5, 5.41) is 0. The fourth-order valence-corrected chi connectivity index (χ4v) is 23.5. The molecule has 13 heteroatoms. The van der Waals surface area contributed by atoms with Crippen LogP contribution in [0.2, 0.25) is 0 Å². The van der Waals surface area contributed by atoms with E-state index in [1.165, 1.54) is 0 Å². The molecule has 0 spiro atoms. The molecule has 19 heavy (non-hydrogen) atoms. The van der Waals surface area contributed by atoms with Gasteiger partial charge in [0.2, 0.25) is 0 Å². The lowest BCUT2D eigenvalue weighted by Gasteiger charge is -2.58. The molecule has 0 unspecified atom stereocenters.